The second kappa shape index (κ2) is 5.74. The van der Waals surface area contributed by atoms with Gasteiger partial charge in [0.1, 0.15) is 0 Å². The molecular weight excluding hydrogens is 308 g/mol. The number of nitrogens with zero attached hydrogens (tertiary/aromatic N) is 2. The third-order valence-electron chi connectivity index (χ3n) is 5.30. The third kappa shape index (κ3) is 2.77. The van der Waals surface area contributed by atoms with E-state index in [0.717, 1.165) is 17.9 Å². The fourth-order valence-corrected chi connectivity index (χ4v) is 3.65. The molecule has 0 saturated heterocycles. The maximum atomic E-state index is 12.1. The number of nitrogens with two attached hydrogens (primary N) is 1. The molecule has 3 aliphatic rings. The van der Waals surface area contributed by atoms with Crippen LogP contribution < -0.4 is 11.2 Å². The van der Waals surface area contributed by atoms with Gasteiger partial charge in [0.15, 0.2) is 0 Å². The number of nitrogens with one attached hydrogen (secondary N) is 1. The molecule has 1 fully saturated rings. The van der Waals surface area contributed by atoms with E-state index in [2.05, 4.69) is 30.5 Å². The molecule has 1 saturated carbocycles. The van der Waals surface area contributed by atoms with E-state index < -0.39 is 10.8 Å². The van der Waals surface area contributed by atoms with Gasteiger partial charge < -0.3 is 5.73 Å². The van der Waals surface area contributed by atoms with Gasteiger partial charge in [-0.25, -0.2) is 5.43 Å². The number of amides is 1. The number of nitro benzene ring substituents is 1. The van der Waals surface area contributed by atoms with Gasteiger partial charge in [0.2, 0.25) is 0 Å². The van der Waals surface area contributed by atoms with Crippen LogP contribution in [0.15, 0.2) is 34.9 Å². The summed E-state index contributed by atoms with van der Waals surface area (Å²) in [4.78, 5) is 22.4. The maximum Gasteiger partial charge on any atom is 0.272 e. The van der Waals surface area contributed by atoms with Crippen LogP contribution in [0.3, 0.4) is 0 Å². The Kier molecular flexibility index (Phi) is 3.87. The molecule has 0 aliphatic heterocycles. The van der Waals surface area contributed by atoms with E-state index in [1.54, 1.807) is 6.21 Å². The molecule has 0 spiro atoms. The summed E-state index contributed by atoms with van der Waals surface area (Å²) in [6.07, 6.45) is 6.06. The van der Waals surface area contributed by atoms with Gasteiger partial charge in [-0.3, -0.25) is 14.9 Å². The van der Waals surface area contributed by atoms with Crippen LogP contribution in [0.4, 0.5) is 11.4 Å². The van der Waals surface area contributed by atoms with E-state index >= 15 is 0 Å². The standard InChI is InChI=1S/C17H20N4O3/c1-17(2)12-4-3-10(15(17)7-12)9-19-20-16(22)11-5-13(18)8-14(6-11)21(23)24/h3,5-6,8-9,12,15H,4,7,18H2,1-2H3,(H,20,22)/b19-9+. The minimum atomic E-state index is -0.585. The second-order valence-electron chi connectivity index (χ2n) is 7.02. The van der Waals surface area contributed by atoms with E-state index in [1.165, 1.54) is 24.6 Å². The van der Waals surface area contributed by atoms with Crippen LogP contribution in [-0.4, -0.2) is 17.0 Å². The first-order chi connectivity index (χ1) is 11.3. The Hall–Kier alpha value is -2.70. The predicted molar refractivity (Wildman–Crippen MR) is 91.5 cm³/mol. The van der Waals surface area contributed by atoms with Crippen molar-refractivity contribution in [2.75, 3.05) is 5.73 Å². The van der Waals surface area contributed by atoms with Crippen molar-refractivity contribution in [3.8, 4) is 0 Å². The van der Waals surface area contributed by atoms with E-state index in [4.69, 9.17) is 5.73 Å². The number of carbonyl (C=O) groups is 1. The number of carbonyl (C=O) groups excluding carboxylic acids is 1. The van der Waals surface area contributed by atoms with Gasteiger partial charge in [-0.15, -0.1) is 0 Å². The molecule has 0 radical (unpaired) electrons. The zero-order valence-electron chi connectivity index (χ0n) is 13.7. The molecule has 126 valence electrons. The van der Waals surface area contributed by atoms with Crippen molar-refractivity contribution in [2.24, 2.45) is 22.4 Å². The van der Waals surface area contributed by atoms with Crippen LogP contribution in [0.2, 0.25) is 0 Å². The van der Waals surface area contributed by atoms with Crippen molar-refractivity contribution in [3.05, 3.63) is 45.5 Å². The number of hydrazone groups is 1. The monoisotopic (exact) mass is 328 g/mol. The van der Waals surface area contributed by atoms with Gasteiger partial charge in [-0.05, 0) is 41.7 Å². The van der Waals surface area contributed by atoms with Crippen LogP contribution in [0.25, 0.3) is 0 Å². The summed E-state index contributed by atoms with van der Waals surface area (Å²) < 4.78 is 0. The number of non-ortho nitro benzene ring substituents is 1. The second-order valence-corrected chi connectivity index (χ2v) is 7.02. The minimum absolute atomic E-state index is 0.112. The average molecular weight is 328 g/mol. The Morgan fingerprint density at radius 1 is 1.46 bits per heavy atom. The van der Waals surface area contributed by atoms with Crippen molar-refractivity contribution >= 4 is 23.5 Å². The molecule has 2 unspecified atom stereocenters. The van der Waals surface area contributed by atoms with Crippen LogP contribution >= 0.6 is 0 Å². The highest BCUT2D eigenvalue weighted by molar-refractivity contribution is 5.96. The van der Waals surface area contributed by atoms with Gasteiger partial charge in [0.05, 0.1) is 16.7 Å². The lowest BCUT2D eigenvalue weighted by Crippen LogP contribution is -2.48. The summed E-state index contributed by atoms with van der Waals surface area (Å²) in [7, 11) is 0. The lowest BCUT2D eigenvalue weighted by Gasteiger charge is -2.55. The van der Waals surface area contributed by atoms with E-state index in [9.17, 15) is 14.9 Å². The number of rotatable bonds is 4. The minimum Gasteiger partial charge on any atom is -0.399 e. The highest BCUT2D eigenvalue weighted by Crippen LogP contribution is 2.58. The number of anilines is 1. The van der Waals surface area contributed by atoms with Gasteiger partial charge >= 0.3 is 0 Å². The number of nitro groups is 1. The maximum absolute atomic E-state index is 12.1. The van der Waals surface area contributed by atoms with Gasteiger partial charge in [0.25, 0.3) is 11.6 Å². The van der Waals surface area contributed by atoms with Crippen molar-refractivity contribution in [1.29, 1.82) is 0 Å². The largest absolute Gasteiger partial charge is 0.399 e. The molecule has 7 heteroatoms. The summed E-state index contributed by atoms with van der Waals surface area (Å²) in [5.74, 6) is 0.691. The van der Waals surface area contributed by atoms with Gasteiger partial charge in [-0.2, -0.15) is 5.10 Å². The summed E-state index contributed by atoms with van der Waals surface area (Å²) in [5.41, 5.74) is 9.50. The molecule has 2 atom stereocenters. The number of benzene rings is 1. The van der Waals surface area contributed by atoms with E-state index in [1.807, 2.05) is 0 Å². The van der Waals surface area contributed by atoms with Crippen molar-refractivity contribution in [2.45, 2.75) is 26.7 Å². The van der Waals surface area contributed by atoms with Crippen LogP contribution in [0.5, 0.6) is 0 Å². The quantitative estimate of drug-likeness (QED) is 0.383. The summed E-state index contributed by atoms with van der Waals surface area (Å²) in [6, 6.07) is 3.78. The Bertz CT molecular complexity index is 767. The number of hydrogen-bond acceptors (Lipinski definition) is 5. The molecule has 24 heavy (non-hydrogen) atoms. The molecule has 3 N–H and O–H groups in total. The summed E-state index contributed by atoms with van der Waals surface area (Å²) in [6.45, 7) is 4.52. The van der Waals surface area contributed by atoms with Gasteiger partial charge in [0, 0.05) is 17.8 Å². The number of fused-ring (bicyclic) bond motifs is 1. The van der Waals surface area contributed by atoms with E-state index in [0.29, 0.717) is 5.92 Å². The van der Waals surface area contributed by atoms with Crippen LogP contribution in [-0.2, 0) is 0 Å². The molecule has 7 nitrogen and oxygen atoms in total. The average Bonchev–Trinajstić information content (AvgIpc) is 2.54. The molecule has 1 aromatic rings. The van der Waals surface area contributed by atoms with Crippen molar-refractivity contribution < 1.29 is 9.72 Å². The molecular formula is C17H20N4O3. The summed E-state index contributed by atoms with van der Waals surface area (Å²) >= 11 is 0. The first-order valence-electron chi connectivity index (χ1n) is 7.87. The normalized spacial score (nSPS) is 24.2. The molecule has 3 aliphatic carbocycles. The number of nitrogen functional groups attached to an aromatic ring is 1. The molecule has 2 bridgehead atoms. The van der Waals surface area contributed by atoms with Crippen molar-refractivity contribution in [1.82, 2.24) is 5.43 Å². The fraction of sp³-hybridized carbons (Fsp3) is 0.412. The SMILES string of the molecule is CC1(C)C2CC=C(/C=N/NC(=O)c3cc(N)cc([N+](=O)[O-])c3)C1C2. The van der Waals surface area contributed by atoms with Crippen LogP contribution in [0.1, 0.15) is 37.0 Å². The molecule has 1 amide bonds. The first-order valence-corrected chi connectivity index (χ1v) is 7.87. The van der Waals surface area contributed by atoms with Crippen LogP contribution in [0, 0.1) is 27.4 Å². The predicted octanol–water partition coefficient (Wildman–Crippen LogP) is 2.89. The number of hydrogen-bond donors (Lipinski definition) is 2. The highest BCUT2D eigenvalue weighted by atomic mass is 16.6. The lowest BCUT2D eigenvalue weighted by atomic mass is 9.49. The lowest BCUT2D eigenvalue weighted by molar-refractivity contribution is -0.384. The summed E-state index contributed by atoms with van der Waals surface area (Å²) in [5, 5.41) is 14.8. The topological polar surface area (TPSA) is 111 Å². The highest BCUT2D eigenvalue weighted by Gasteiger charge is 2.50. The Balaban J connectivity index is 1.68. The Morgan fingerprint density at radius 2 is 2.21 bits per heavy atom. The molecule has 0 aromatic heterocycles. The zero-order valence-corrected chi connectivity index (χ0v) is 13.7. The zero-order chi connectivity index (χ0) is 17.5. The van der Waals surface area contributed by atoms with Gasteiger partial charge in [-0.1, -0.05) is 19.9 Å². The third-order valence-corrected chi connectivity index (χ3v) is 5.30. The molecule has 1 aromatic carbocycles. The number of allylic oxidation sites excluding steroid dienone is 2. The first kappa shape index (κ1) is 16.2. The Morgan fingerprint density at radius 3 is 2.83 bits per heavy atom. The van der Waals surface area contributed by atoms with Crippen molar-refractivity contribution in [3.63, 3.8) is 0 Å². The van der Waals surface area contributed by atoms with E-state index in [-0.39, 0.29) is 22.4 Å². The molecule has 0 heterocycles. The molecule has 4 rings (SSSR count). The fourth-order valence-electron chi connectivity index (χ4n) is 3.65. The smallest absolute Gasteiger partial charge is 0.272 e. The Labute approximate surface area is 139 Å².